The zero-order valence-electron chi connectivity index (χ0n) is 11.9. The van der Waals surface area contributed by atoms with E-state index in [2.05, 4.69) is 26.1 Å². The van der Waals surface area contributed by atoms with Gasteiger partial charge in [0.1, 0.15) is 12.7 Å². The lowest BCUT2D eigenvalue weighted by Gasteiger charge is -2.24. The largest absolute Gasteiger partial charge is 0.274 e. The predicted molar refractivity (Wildman–Crippen MR) is 88.8 cm³/mol. The maximum absolute atomic E-state index is 10.8. The molecule has 7 nitrogen and oxygen atoms in total. The Kier molecular flexibility index (Phi) is 4.33. The molecule has 0 aliphatic rings. The quantitative estimate of drug-likeness (QED) is 0.505. The van der Waals surface area contributed by atoms with Gasteiger partial charge in [0.25, 0.3) is 5.69 Å². The van der Waals surface area contributed by atoms with Crippen LogP contribution >= 0.6 is 15.9 Å². The number of halogens is 1. The summed E-state index contributed by atoms with van der Waals surface area (Å²) >= 11 is 3.41. The maximum Gasteiger partial charge on any atom is 0.269 e. The lowest BCUT2D eigenvalue weighted by Crippen LogP contribution is -2.27. The van der Waals surface area contributed by atoms with E-state index in [4.69, 9.17) is 0 Å². The van der Waals surface area contributed by atoms with Gasteiger partial charge in [-0.15, -0.1) is 10.2 Å². The molecule has 0 radical (unpaired) electrons. The van der Waals surface area contributed by atoms with E-state index in [1.807, 2.05) is 29.3 Å². The van der Waals surface area contributed by atoms with Crippen LogP contribution in [-0.4, -0.2) is 19.8 Å². The number of hydrogen-bond donors (Lipinski definition) is 0. The molecule has 23 heavy (non-hydrogen) atoms. The smallest absolute Gasteiger partial charge is 0.269 e. The summed E-state index contributed by atoms with van der Waals surface area (Å²) in [6, 6.07) is 14.3. The van der Waals surface area contributed by atoms with Crippen LogP contribution in [-0.2, 0) is 6.54 Å². The highest BCUT2D eigenvalue weighted by Gasteiger charge is 2.12. The van der Waals surface area contributed by atoms with Gasteiger partial charge in [-0.1, -0.05) is 28.1 Å². The predicted octanol–water partition coefficient (Wildman–Crippen LogP) is 3.42. The Morgan fingerprint density at radius 2 is 1.65 bits per heavy atom. The second-order valence-corrected chi connectivity index (χ2v) is 5.72. The van der Waals surface area contributed by atoms with Crippen LogP contribution < -0.4 is 5.01 Å². The number of aromatic nitrogens is 3. The lowest BCUT2D eigenvalue weighted by atomic mass is 10.2. The van der Waals surface area contributed by atoms with Crippen molar-refractivity contribution in [2.75, 3.05) is 5.01 Å². The van der Waals surface area contributed by atoms with E-state index in [9.17, 15) is 10.1 Å². The summed E-state index contributed by atoms with van der Waals surface area (Å²) in [6.45, 7) is 0.573. The monoisotopic (exact) mass is 373 g/mol. The van der Waals surface area contributed by atoms with Gasteiger partial charge in [-0.25, -0.2) is 4.68 Å². The van der Waals surface area contributed by atoms with Crippen molar-refractivity contribution >= 4 is 27.3 Å². The molecule has 0 fully saturated rings. The number of nitrogens with zero attached hydrogens (tertiary/aromatic N) is 5. The number of rotatable bonds is 5. The first-order chi connectivity index (χ1) is 11.1. The molecular formula is C15H12BrN5O2. The molecule has 3 rings (SSSR count). The van der Waals surface area contributed by atoms with Crippen LogP contribution in [0.2, 0.25) is 0 Å². The minimum atomic E-state index is -0.415. The first-order valence-corrected chi connectivity index (χ1v) is 7.54. The highest BCUT2D eigenvalue weighted by Crippen LogP contribution is 2.22. The summed E-state index contributed by atoms with van der Waals surface area (Å²) in [5.41, 5.74) is 1.94. The summed E-state index contributed by atoms with van der Waals surface area (Å²) in [4.78, 5) is 10.4. The van der Waals surface area contributed by atoms with Gasteiger partial charge in [-0.05, 0) is 29.8 Å². The molecule has 8 heteroatoms. The highest BCUT2D eigenvalue weighted by atomic mass is 79.9. The van der Waals surface area contributed by atoms with E-state index in [1.165, 1.54) is 12.1 Å². The van der Waals surface area contributed by atoms with Gasteiger partial charge in [0.2, 0.25) is 0 Å². The van der Waals surface area contributed by atoms with Gasteiger partial charge in [0, 0.05) is 16.6 Å². The first kappa shape index (κ1) is 15.2. The van der Waals surface area contributed by atoms with Crippen LogP contribution in [0.5, 0.6) is 0 Å². The Balaban J connectivity index is 1.92. The van der Waals surface area contributed by atoms with E-state index in [-0.39, 0.29) is 5.69 Å². The number of benzene rings is 2. The normalized spacial score (nSPS) is 10.5. The minimum Gasteiger partial charge on any atom is -0.274 e. The molecule has 2 aromatic carbocycles. The molecule has 0 saturated heterocycles. The van der Waals surface area contributed by atoms with Crippen LogP contribution in [0.1, 0.15) is 5.56 Å². The van der Waals surface area contributed by atoms with Crippen LogP contribution in [0.15, 0.2) is 65.7 Å². The van der Waals surface area contributed by atoms with Gasteiger partial charge in [0.15, 0.2) is 0 Å². The number of nitro benzene ring substituents is 1. The van der Waals surface area contributed by atoms with Crippen LogP contribution in [0.3, 0.4) is 0 Å². The fourth-order valence-electron chi connectivity index (χ4n) is 2.14. The molecule has 0 spiro atoms. The van der Waals surface area contributed by atoms with E-state index in [0.29, 0.717) is 6.54 Å². The van der Waals surface area contributed by atoms with E-state index >= 15 is 0 Å². The summed E-state index contributed by atoms with van der Waals surface area (Å²) in [6.07, 6.45) is 3.17. The number of non-ortho nitro benzene ring substituents is 1. The zero-order valence-corrected chi connectivity index (χ0v) is 13.5. The van der Waals surface area contributed by atoms with Crippen molar-refractivity contribution in [3.05, 3.63) is 81.3 Å². The molecule has 0 saturated carbocycles. The molecule has 116 valence electrons. The second kappa shape index (κ2) is 6.57. The van der Waals surface area contributed by atoms with Gasteiger partial charge in [0.05, 0.1) is 17.2 Å². The van der Waals surface area contributed by atoms with Crippen molar-refractivity contribution in [1.82, 2.24) is 14.9 Å². The molecule has 0 aliphatic heterocycles. The Bertz CT molecular complexity index is 788. The van der Waals surface area contributed by atoms with Crippen molar-refractivity contribution in [3.8, 4) is 0 Å². The van der Waals surface area contributed by atoms with Crippen LogP contribution in [0.25, 0.3) is 0 Å². The van der Waals surface area contributed by atoms with Gasteiger partial charge in [-0.3, -0.25) is 15.1 Å². The fourth-order valence-corrected chi connectivity index (χ4v) is 2.40. The van der Waals surface area contributed by atoms with Crippen molar-refractivity contribution < 1.29 is 4.92 Å². The van der Waals surface area contributed by atoms with Crippen LogP contribution in [0, 0.1) is 10.1 Å². The Morgan fingerprint density at radius 1 is 1.04 bits per heavy atom. The summed E-state index contributed by atoms with van der Waals surface area (Å²) in [7, 11) is 0. The third-order valence-corrected chi connectivity index (χ3v) is 3.82. The van der Waals surface area contributed by atoms with E-state index < -0.39 is 4.92 Å². The van der Waals surface area contributed by atoms with E-state index in [0.717, 1.165) is 15.7 Å². The molecule has 0 atom stereocenters. The lowest BCUT2D eigenvalue weighted by molar-refractivity contribution is -0.384. The molecule has 0 amide bonds. The topological polar surface area (TPSA) is 77.1 Å². The fraction of sp³-hybridized carbons (Fsp3) is 0.0667. The zero-order chi connectivity index (χ0) is 16.2. The number of nitro groups is 1. The third-order valence-electron chi connectivity index (χ3n) is 3.29. The Labute approximate surface area is 140 Å². The number of hydrogen-bond acceptors (Lipinski definition) is 5. The van der Waals surface area contributed by atoms with Crippen molar-refractivity contribution in [3.63, 3.8) is 0 Å². The molecule has 1 heterocycles. The standard InChI is InChI=1S/C15H12BrN5O2/c16-13-3-1-12(2-4-13)9-20(19-10-17-18-11-19)14-5-7-15(8-6-14)21(22)23/h1-8,10-11H,9H2. The average molecular weight is 374 g/mol. The van der Waals surface area contributed by atoms with Crippen LogP contribution in [0.4, 0.5) is 11.4 Å². The summed E-state index contributed by atoms with van der Waals surface area (Å²) in [5.74, 6) is 0. The average Bonchev–Trinajstić information content (AvgIpc) is 3.08. The van der Waals surface area contributed by atoms with Crippen molar-refractivity contribution in [2.24, 2.45) is 0 Å². The molecule has 0 N–H and O–H groups in total. The summed E-state index contributed by atoms with van der Waals surface area (Å²) in [5, 5.41) is 20.4. The van der Waals surface area contributed by atoms with Crippen molar-refractivity contribution in [1.29, 1.82) is 0 Å². The molecule has 0 unspecified atom stereocenters. The van der Waals surface area contributed by atoms with Gasteiger partial charge in [-0.2, -0.15) is 0 Å². The molecular weight excluding hydrogens is 362 g/mol. The second-order valence-electron chi connectivity index (χ2n) is 4.80. The van der Waals surface area contributed by atoms with Crippen molar-refractivity contribution in [2.45, 2.75) is 6.54 Å². The molecule has 0 aliphatic carbocycles. The van der Waals surface area contributed by atoms with Gasteiger partial charge >= 0.3 is 0 Å². The highest BCUT2D eigenvalue weighted by molar-refractivity contribution is 9.10. The molecule has 0 bridgehead atoms. The first-order valence-electron chi connectivity index (χ1n) is 6.75. The Morgan fingerprint density at radius 3 is 2.22 bits per heavy atom. The third kappa shape index (κ3) is 3.54. The SMILES string of the molecule is O=[N+]([O-])c1ccc(N(Cc2ccc(Br)cc2)n2cnnc2)cc1. The summed E-state index contributed by atoms with van der Waals surface area (Å²) < 4.78 is 2.75. The molecule has 1 aromatic heterocycles. The number of anilines is 1. The minimum absolute atomic E-state index is 0.0566. The Hall–Kier alpha value is -2.74. The maximum atomic E-state index is 10.8. The van der Waals surface area contributed by atoms with E-state index in [1.54, 1.807) is 29.5 Å². The van der Waals surface area contributed by atoms with Gasteiger partial charge < -0.3 is 0 Å². The molecule has 3 aromatic rings.